The van der Waals surface area contributed by atoms with E-state index in [1.165, 1.54) is 19.3 Å². The first kappa shape index (κ1) is 13.7. The first-order chi connectivity index (χ1) is 7.56. The van der Waals surface area contributed by atoms with Crippen LogP contribution in [0.4, 0.5) is 0 Å². The lowest BCUT2D eigenvalue weighted by molar-refractivity contribution is 0.189. The second-order valence-electron chi connectivity index (χ2n) is 5.74. The second-order valence-corrected chi connectivity index (χ2v) is 5.74. The molecule has 1 unspecified atom stereocenters. The summed E-state index contributed by atoms with van der Waals surface area (Å²) in [4.78, 5) is 0. The van der Waals surface area contributed by atoms with Crippen LogP contribution in [0, 0.1) is 29.1 Å². The molecule has 94 valence electrons. The number of rotatable bonds is 5. The van der Waals surface area contributed by atoms with E-state index in [2.05, 4.69) is 33.0 Å². The minimum Gasteiger partial charge on any atom is -0.312 e. The molecule has 0 aromatic carbocycles. The van der Waals surface area contributed by atoms with E-state index in [-0.39, 0.29) is 0 Å². The number of hydrogen-bond donors (Lipinski definition) is 2. The van der Waals surface area contributed by atoms with E-state index in [0.717, 1.165) is 36.6 Å². The molecule has 1 rings (SSSR count). The molecule has 0 aromatic rings. The summed E-state index contributed by atoms with van der Waals surface area (Å²) in [6.07, 6.45) is 3.90. The van der Waals surface area contributed by atoms with Gasteiger partial charge in [0.2, 0.25) is 0 Å². The zero-order valence-electron chi connectivity index (χ0n) is 11.3. The van der Waals surface area contributed by atoms with Crippen molar-refractivity contribution >= 4 is 5.71 Å². The van der Waals surface area contributed by atoms with E-state index in [1.54, 1.807) is 0 Å². The Morgan fingerprint density at radius 1 is 1.38 bits per heavy atom. The molecule has 0 spiro atoms. The monoisotopic (exact) mass is 224 g/mol. The zero-order valence-corrected chi connectivity index (χ0v) is 11.3. The molecule has 0 radical (unpaired) electrons. The molecular formula is C14H28N2. The van der Waals surface area contributed by atoms with Crippen molar-refractivity contribution in [1.29, 1.82) is 5.41 Å². The van der Waals surface area contributed by atoms with E-state index >= 15 is 0 Å². The molecule has 0 aliphatic heterocycles. The Labute approximate surface area is 101 Å². The average molecular weight is 224 g/mol. The molecule has 2 heteroatoms. The van der Waals surface area contributed by atoms with Crippen LogP contribution in [-0.2, 0) is 0 Å². The van der Waals surface area contributed by atoms with Gasteiger partial charge in [-0.15, -0.1) is 0 Å². The molecular weight excluding hydrogens is 196 g/mol. The minimum absolute atomic E-state index is 0.530. The number of hydrogen-bond acceptors (Lipinski definition) is 2. The summed E-state index contributed by atoms with van der Waals surface area (Å²) in [5.41, 5.74) is 0.937. The van der Waals surface area contributed by atoms with Gasteiger partial charge in [0, 0.05) is 18.2 Å². The van der Waals surface area contributed by atoms with E-state index in [9.17, 15) is 0 Å². The summed E-state index contributed by atoms with van der Waals surface area (Å²) >= 11 is 0. The van der Waals surface area contributed by atoms with E-state index in [1.807, 2.05) is 0 Å². The van der Waals surface area contributed by atoms with Gasteiger partial charge in [-0.3, -0.25) is 0 Å². The highest BCUT2D eigenvalue weighted by Crippen LogP contribution is 2.38. The molecule has 1 saturated carbocycles. The molecule has 0 aromatic heterocycles. The molecule has 1 aliphatic rings. The van der Waals surface area contributed by atoms with Gasteiger partial charge in [-0.1, -0.05) is 34.1 Å². The Kier molecular flexibility index (Phi) is 5.47. The van der Waals surface area contributed by atoms with Gasteiger partial charge >= 0.3 is 0 Å². The third-order valence-corrected chi connectivity index (χ3v) is 4.04. The molecule has 0 heterocycles. The third kappa shape index (κ3) is 3.58. The fraction of sp³-hybridized carbons (Fsp3) is 0.929. The Balaban J connectivity index is 2.59. The molecule has 2 nitrogen and oxygen atoms in total. The van der Waals surface area contributed by atoms with Crippen LogP contribution < -0.4 is 5.32 Å². The lowest BCUT2D eigenvalue weighted by Crippen LogP contribution is -2.37. The van der Waals surface area contributed by atoms with Gasteiger partial charge < -0.3 is 10.7 Å². The Morgan fingerprint density at radius 3 is 2.62 bits per heavy atom. The summed E-state index contributed by atoms with van der Waals surface area (Å²) in [7, 11) is 0. The van der Waals surface area contributed by atoms with E-state index in [0.29, 0.717) is 5.92 Å². The molecule has 0 saturated heterocycles. The fourth-order valence-corrected chi connectivity index (χ4v) is 2.99. The van der Waals surface area contributed by atoms with Crippen LogP contribution in [0.5, 0.6) is 0 Å². The first-order valence-corrected chi connectivity index (χ1v) is 6.84. The van der Waals surface area contributed by atoms with Gasteiger partial charge in [-0.2, -0.15) is 0 Å². The third-order valence-electron chi connectivity index (χ3n) is 4.04. The van der Waals surface area contributed by atoms with Crippen molar-refractivity contribution in [2.75, 3.05) is 13.1 Å². The lowest BCUT2D eigenvalue weighted by Gasteiger charge is -2.37. The maximum absolute atomic E-state index is 8.24. The van der Waals surface area contributed by atoms with Crippen LogP contribution in [0.2, 0.25) is 0 Å². The van der Waals surface area contributed by atoms with Crippen molar-refractivity contribution in [2.24, 2.45) is 23.7 Å². The Morgan fingerprint density at radius 2 is 2.06 bits per heavy atom. The normalized spacial score (nSPS) is 30.7. The van der Waals surface area contributed by atoms with Crippen molar-refractivity contribution in [3.63, 3.8) is 0 Å². The van der Waals surface area contributed by atoms with Crippen molar-refractivity contribution in [3.8, 4) is 0 Å². The quantitative estimate of drug-likeness (QED) is 0.690. The van der Waals surface area contributed by atoms with Gasteiger partial charge in [0.05, 0.1) is 0 Å². The highest BCUT2D eigenvalue weighted by Gasteiger charge is 2.32. The Bertz CT molecular complexity index is 223. The maximum Gasteiger partial charge on any atom is 0.0335 e. The molecule has 1 aliphatic carbocycles. The predicted molar refractivity (Wildman–Crippen MR) is 71.1 cm³/mol. The summed E-state index contributed by atoms with van der Waals surface area (Å²) in [6, 6.07) is 0. The van der Waals surface area contributed by atoms with Crippen LogP contribution >= 0.6 is 0 Å². The molecule has 3 atom stereocenters. The van der Waals surface area contributed by atoms with Crippen LogP contribution in [0.15, 0.2) is 0 Å². The molecule has 0 amide bonds. The van der Waals surface area contributed by atoms with Crippen LogP contribution in [0.1, 0.15) is 47.0 Å². The van der Waals surface area contributed by atoms with Crippen molar-refractivity contribution in [2.45, 2.75) is 47.0 Å². The van der Waals surface area contributed by atoms with Crippen LogP contribution in [-0.4, -0.2) is 18.8 Å². The van der Waals surface area contributed by atoms with Gasteiger partial charge in [-0.05, 0) is 37.1 Å². The van der Waals surface area contributed by atoms with Crippen LogP contribution in [0.25, 0.3) is 0 Å². The smallest absolute Gasteiger partial charge is 0.0335 e. The van der Waals surface area contributed by atoms with Gasteiger partial charge in [-0.25, -0.2) is 0 Å². The summed E-state index contributed by atoms with van der Waals surface area (Å²) in [6.45, 7) is 10.8. The van der Waals surface area contributed by atoms with Crippen molar-refractivity contribution < 1.29 is 0 Å². The Hall–Kier alpha value is -0.370. The highest BCUT2D eigenvalue weighted by atomic mass is 14.9. The first-order valence-electron chi connectivity index (χ1n) is 6.84. The zero-order chi connectivity index (χ0) is 12.1. The summed E-state index contributed by atoms with van der Waals surface area (Å²) < 4.78 is 0. The van der Waals surface area contributed by atoms with Crippen molar-refractivity contribution in [3.05, 3.63) is 0 Å². The van der Waals surface area contributed by atoms with Gasteiger partial charge in [0.25, 0.3) is 0 Å². The van der Waals surface area contributed by atoms with Gasteiger partial charge in [0.1, 0.15) is 0 Å². The molecule has 0 bridgehead atoms. The van der Waals surface area contributed by atoms with Gasteiger partial charge in [0.15, 0.2) is 0 Å². The SMILES string of the molecule is CCNCC(=N)[C@@H]1C[C@H](C)CCC1C(C)C. The summed E-state index contributed by atoms with van der Waals surface area (Å²) in [5.74, 6) is 2.80. The van der Waals surface area contributed by atoms with Crippen LogP contribution in [0.3, 0.4) is 0 Å². The molecule has 16 heavy (non-hydrogen) atoms. The minimum atomic E-state index is 0.530. The maximum atomic E-state index is 8.24. The standard InChI is InChI=1S/C14H28N2/c1-5-16-9-14(15)13-8-11(4)6-7-12(13)10(2)3/h10-13,15-16H,5-9H2,1-4H3/t11-,12?,13-/m1/s1. The summed E-state index contributed by atoms with van der Waals surface area (Å²) in [5, 5.41) is 11.5. The highest BCUT2D eigenvalue weighted by molar-refractivity contribution is 5.86. The number of nitrogens with one attached hydrogen (secondary N) is 2. The van der Waals surface area contributed by atoms with Crippen molar-refractivity contribution in [1.82, 2.24) is 5.32 Å². The second kappa shape index (κ2) is 6.39. The molecule has 1 fully saturated rings. The predicted octanol–water partition coefficient (Wildman–Crippen LogP) is 3.32. The lowest BCUT2D eigenvalue weighted by atomic mass is 9.68. The average Bonchev–Trinajstić information content (AvgIpc) is 2.25. The van der Waals surface area contributed by atoms with E-state index in [4.69, 9.17) is 5.41 Å². The molecule has 2 N–H and O–H groups in total. The fourth-order valence-electron chi connectivity index (χ4n) is 2.99. The largest absolute Gasteiger partial charge is 0.312 e. The topological polar surface area (TPSA) is 35.9 Å². The van der Waals surface area contributed by atoms with E-state index < -0.39 is 0 Å².